The molecule has 94 valence electrons. The summed E-state index contributed by atoms with van der Waals surface area (Å²) < 4.78 is 2.15. The molecule has 0 unspecified atom stereocenters. The molecule has 1 aromatic carbocycles. The molecule has 0 bridgehead atoms. The molecule has 0 aliphatic carbocycles. The van der Waals surface area contributed by atoms with E-state index < -0.39 is 0 Å². The fraction of sp³-hybridized carbons (Fsp3) is 0.214. The molecule has 0 spiro atoms. The number of aryl methyl sites for hydroxylation is 1. The van der Waals surface area contributed by atoms with E-state index in [0.29, 0.717) is 0 Å². The molecule has 3 nitrogen and oxygen atoms in total. The van der Waals surface area contributed by atoms with Crippen molar-refractivity contribution in [1.82, 2.24) is 9.55 Å². The van der Waals surface area contributed by atoms with Crippen LogP contribution in [0.25, 0.3) is 22.2 Å². The first kappa shape index (κ1) is 13.1. The normalized spacial score (nSPS) is 10.7. The largest absolute Gasteiger partial charge is 0.352 e. The number of hydrogen-bond donors (Lipinski definition) is 1. The minimum absolute atomic E-state index is 0. The van der Waals surface area contributed by atoms with Crippen molar-refractivity contribution in [2.24, 2.45) is 5.73 Å². The lowest BCUT2D eigenvalue weighted by Gasteiger charge is -2.07. The summed E-state index contributed by atoms with van der Waals surface area (Å²) in [5, 5.41) is 1.23. The van der Waals surface area contributed by atoms with E-state index in [2.05, 4.69) is 46.2 Å². The number of benzene rings is 1. The zero-order valence-corrected chi connectivity index (χ0v) is 11.8. The van der Waals surface area contributed by atoms with Gasteiger partial charge in [0, 0.05) is 29.9 Å². The Balaban J connectivity index is 0.00000120. The highest BCUT2D eigenvalue weighted by molar-refractivity contribution is 8.93. The van der Waals surface area contributed by atoms with Crippen LogP contribution in [0.5, 0.6) is 0 Å². The first-order chi connectivity index (χ1) is 8.38. The van der Waals surface area contributed by atoms with Gasteiger partial charge in [0.25, 0.3) is 0 Å². The van der Waals surface area contributed by atoms with Crippen LogP contribution in [0, 0.1) is 0 Å². The third-order valence-electron chi connectivity index (χ3n) is 3.05. The van der Waals surface area contributed by atoms with Crippen LogP contribution < -0.4 is 5.73 Å². The van der Waals surface area contributed by atoms with Crippen molar-refractivity contribution in [2.45, 2.75) is 13.0 Å². The average molecular weight is 306 g/mol. The molecule has 2 aliphatic heterocycles. The van der Waals surface area contributed by atoms with Gasteiger partial charge in [-0.3, -0.25) is 0 Å². The van der Waals surface area contributed by atoms with E-state index in [1.807, 2.05) is 6.07 Å². The van der Waals surface area contributed by atoms with E-state index in [4.69, 9.17) is 5.73 Å². The summed E-state index contributed by atoms with van der Waals surface area (Å²) in [6.07, 6.45) is 5.20. The number of pyridine rings is 1. The number of rotatable bonds is 3. The van der Waals surface area contributed by atoms with E-state index in [1.54, 1.807) is 0 Å². The lowest BCUT2D eigenvalue weighted by Crippen LogP contribution is -2.05. The van der Waals surface area contributed by atoms with Gasteiger partial charge in [0.05, 0.1) is 11.2 Å². The number of hydrogen-bond acceptors (Lipinski definition) is 2. The smallest absolute Gasteiger partial charge is 0.0878 e. The van der Waals surface area contributed by atoms with Gasteiger partial charge < -0.3 is 10.3 Å². The topological polar surface area (TPSA) is 43.8 Å². The molecule has 0 fully saturated rings. The van der Waals surface area contributed by atoms with Crippen molar-refractivity contribution in [2.75, 3.05) is 6.54 Å². The highest BCUT2D eigenvalue weighted by Gasteiger charge is 2.10. The third-order valence-corrected chi connectivity index (χ3v) is 3.05. The van der Waals surface area contributed by atoms with Crippen molar-refractivity contribution < 1.29 is 0 Å². The Labute approximate surface area is 117 Å². The van der Waals surface area contributed by atoms with Gasteiger partial charge in [-0.25, -0.2) is 4.98 Å². The van der Waals surface area contributed by atoms with Gasteiger partial charge in [0.1, 0.15) is 0 Å². The molecular weight excluding hydrogens is 290 g/mol. The monoisotopic (exact) mass is 305 g/mol. The molecular formula is C14H16BrN3. The van der Waals surface area contributed by atoms with Crippen LogP contribution in [0.3, 0.4) is 0 Å². The van der Waals surface area contributed by atoms with Crippen LogP contribution in [-0.4, -0.2) is 16.1 Å². The fourth-order valence-corrected chi connectivity index (χ4v) is 2.18. The maximum absolute atomic E-state index is 5.52. The van der Waals surface area contributed by atoms with Crippen LogP contribution in [-0.2, 0) is 6.54 Å². The summed E-state index contributed by atoms with van der Waals surface area (Å²) in [4.78, 5) is 4.63. The van der Waals surface area contributed by atoms with Crippen LogP contribution in [0.4, 0.5) is 0 Å². The zero-order chi connectivity index (χ0) is 11.7. The first-order valence-electron chi connectivity index (χ1n) is 5.93. The first-order valence-corrected chi connectivity index (χ1v) is 5.93. The highest BCUT2D eigenvalue weighted by atomic mass is 79.9. The number of aromatic nitrogens is 2. The van der Waals surface area contributed by atoms with E-state index in [9.17, 15) is 0 Å². The van der Waals surface area contributed by atoms with Gasteiger partial charge in [-0.1, -0.05) is 18.2 Å². The Morgan fingerprint density at radius 2 is 2.00 bits per heavy atom. The second-order valence-corrected chi connectivity index (χ2v) is 4.25. The van der Waals surface area contributed by atoms with E-state index in [0.717, 1.165) is 30.7 Å². The summed E-state index contributed by atoms with van der Waals surface area (Å²) in [7, 11) is 0. The van der Waals surface area contributed by atoms with Gasteiger partial charge in [-0.15, -0.1) is 17.0 Å². The Morgan fingerprint density at radius 1 is 1.17 bits per heavy atom. The number of para-hydroxylation sites is 1. The summed E-state index contributed by atoms with van der Waals surface area (Å²) in [5.74, 6) is 0. The predicted molar refractivity (Wildman–Crippen MR) is 80.3 cm³/mol. The molecule has 0 saturated carbocycles. The summed E-state index contributed by atoms with van der Waals surface area (Å²) in [5.41, 5.74) is 8.88. The molecule has 1 aromatic rings. The molecule has 2 N–H and O–H groups in total. The fourth-order valence-electron chi connectivity index (χ4n) is 2.18. The molecule has 0 aromatic heterocycles. The van der Waals surface area contributed by atoms with Gasteiger partial charge >= 0.3 is 0 Å². The number of nitrogens with two attached hydrogens (primary N) is 1. The van der Waals surface area contributed by atoms with E-state index in [1.165, 1.54) is 10.9 Å². The number of fused-ring (bicyclic) bond motifs is 3. The summed E-state index contributed by atoms with van der Waals surface area (Å²) in [6.45, 7) is 1.68. The number of halogens is 1. The Hall–Kier alpha value is -1.39. The number of nitrogens with zero attached hydrogens (tertiary/aromatic N) is 2. The average Bonchev–Trinajstić information content (AvgIpc) is 2.74. The van der Waals surface area contributed by atoms with Gasteiger partial charge in [0.2, 0.25) is 0 Å². The lowest BCUT2D eigenvalue weighted by molar-refractivity contribution is 0.647. The summed E-state index contributed by atoms with van der Waals surface area (Å²) in [6, 6.07) is 10.4. The van der Waals surface area contributed by atoms with Crippen molar-refractivity contribution in [3.63, 3.8) is 0 Å². The van der Waals surface area contributed by atoms with Gasteiger partial charge in [-0.05, 0) is 25.1 Å². The Bertz CT molecular complexity index is 618. The van der Waals surface area contributed by atoms with Crippen LogP contribution in [0.2, 0.25) is 0 Å². The second-order valence-electron chi connectivity index (χ2n) is 4.25. The van der Waals surface area contributed by atoms with Crippen LogP contribution >= 0.6 is 17.0 Å². The quantitative estimate of drug-likeness (QED) is 0.808. The second kappa shape index (κ2) is 5.50. The Morgan fingerprint density at radius 3 is 2.83 bits per heavy atom. The predicted octanol–water partition coefficient (Wildman–Crippen LogP) is 3.07. The van der Waals surface area contributed by atoms with E-state index >= 15 is 0 Å². The van der Waals surface area contributed by atoms with Crippen molar-refractivity contribution >= 4 is 27.9 Å². The highest BCUT2D eigenvalue weighted by Crippen LogP contribution is 2.30. The Kier molecular flexibility index (Phi) is 3.99. The van der Waals surface area contributed by atoms with Crippen molar-refractivity contribution in [3.05, 3.63) is 42.7 Å². The SMILES string of the molecule is Br.NCCCn1ccc2c3ccccc3nc-2c1. The van der Waals surface area contributed by atoms with Gasteiger partial charge in [0.15, 0.2) is 0 Å². The standard InChI is InChI=1S/C14H15N3.BrH/c15-7-3-8-17-9-6-12-11-4-1-2-5-13(11)16-14(12)10-17;/h1-2,4-6,9-10H,3,7-8,15H2;1H. The third kappa shape index (κ3) is 2.26. The van der Waals surface area contributed by atoms with E-state index in [-0.39, 0.29) is 17.0 Å². The van der Waals surface area contributed by atoms with Gasteiger partial charge in [-0.2, -0.15) is 0 Å². The maximum atomic E-state index is 5.52. The molecule has 0 radical (unpaired) electrons. The molecule has 3 rings (SSSR count). The molecule has 0 saturated heterocycles. The molecule has 18 heavy (non-hydrogen) atoms. The molecule has 2 heterocycles. The molecule has 0 atom stereocenters. The minimum Gasteiger partial charge on any atom is -0.352 e. The molecule has 2 aliphatic rings. The van der Waals surface area contributed by atoms with Crippen molar-refractivity contribution in [3.8, 4) is 11.3 Å². The summed E-state index contributed by atoms with van der Waals surface area (Å²) >= 11 is 0. The molecule has 4 heteroatoms. The lowest BCUT2D eigenvalue weighted by atomic mass is 10.1. The van der Waals surface area contributed by atoms with Crippen molar-refractivity contribution in [1.29, 1.82) is 0 Å². The maximum Gasteiger partial charge on any atom is 0.0878 e. The zero-order valence-electron chi connectivity index (χ0n) is 10.0. The van der Waals surface area contributed by atoms with Crippen LogP contribution in [0.15, 0.2) is 42.7 Å². The van der Waals surface area contributed by atoms with Crippen LogP contribution in [0.1, 0.15) is 6.42 Å². The minimum atomic E-state index is 0. The molecule has 0 amide bonds.